The van der Waals surface area contributed by atoms with Crippen molar-refractivity contribution >= 4 is 76.3 Å². The second-order valence-corrected chi connectivity index (χ2v) is 14.5. The topological polar surface area (TPSA) is 23.0 Å². The summed E-state index contributed by atoms with van der Waals surface area (Å²) in [6.45, 7) is 0. The van der Waals surface area contributed by atoms with Crippen molar-refractivity contribution < 1.29 is 4.42 Å². The van der Waals surface area contributed by atoms with E-state index in [9.17, 15) is 0 Å². The van der Waals surface area contributed by atoms with Crippen molar-refractivity contribution in [2.45, 2.75) is 0 Å². The smallest absolute Gasteiger partial charge is 0.138 e. The molecule has 0 radical (unpaired) electrons. The molecule has 55 heavy (non-hydrogen) atoms. The Morgan fingerprint density at radius 2 is 0.891 bits per heavy atom. The Labute approximate surface area is 316 Å². The van der Waals surface area contributed by atoms with E-state index >= 15 is 0 Å². The molecular formula is C52H32N2O. The highest BCUT2D eigenvalue weighted by atomic mass is 16.3. The Hall–Kier alpha value is -7.36. The number of nitrogens with zero attached hydrogens (tertiary/aromatic N) is 2. The highest BCUT2D eigenvalue weighted by Crippen LogP contribution is 2.43. The Bertz CT molecular complexity index is 3480. The van der Waals surface area contributed by atoms with Gasteiger partial charge in [-0.1, -0.05) is 127 Å². The first-order valence-electron chi connectivity index (χ1n) is 18.8. The van der Waals surface area contributed by atoms with Crippen LogP contribution in [0.3, 0.4) is 0 Å². The van der Waals surface area contributed by atoms with E-state index in [0.29, 0.717) is 0 Å². The summed E-state index contributed by atoms with van der Waals surface area (Å²) in [4.78, 5) is 0. The Morgan fingerprint density at radius 1 is 0.327 bits per heavy atom. The third-order valence-corrected chi connectivity index (χ3v) is 11.5. The molecule has 0 amide bonds. The summed E-state index contributed by atoms with van der Waals surface area (Å²) in [6.07, 6.45) is 0. The van der Waals surface area contributed by atoms with Crippen molar-refractivity contribution in [2.75, 3.05) is 0 Å². The van der Waals surface area contributed by atoms with Crippen LogP contribution in [0.2, 0.25) is 0 Å². The number of fused-ring (bicyclic) bond motifs is 10. The molecule has 0 saturated heterocycles. The molecule has 0 bridgehead atoms. The predicted molar refractivity (Wildman–Crippen MR) is 231 cm³/mol. The third kappa shape index (κ3) is 4.44. The van der Waals surface area contributed by atoms with Gasteiger partial charge in [-0.3, -0.25) is 0 Å². The molecule has 0 aliphatic rings. The molecule has 0 aliphatic heterocycles. The van der Waals surface area contributed by atoms with Gasteiger partial charge in [0.25, 0.3) is 0 Å². The van der Waals surface area contributed by atoms with Crippen LogP contribution in [0.4, 0.5) is 0 Å². The van der Waals surface area contributed by atoms with Crippen molar-refractivity contribution in [1.29, 1.82) is 0 Å². The standard InChI is InChI=1S/C52H32N2O/c1-2-15-37(16-3-1)53-45-22-9-6-18-40(45)43-29-34(25-27-47(43)53)35-26-28-48-44(30-35)41-19-7-10-23-46(41)54(48)49-31-36(39-21-12-14-33-13-4-5-17-38(33)39)32-51-52(49)42-20-8-11-24-50(42)55-51/h1-32H. The van der Waals surface area contributed by atoms with Crippen LogP contribution in [0.15, 0.2) is 199 Å². The maximum Gasteiger partial charge on any atom is 0.138 e. The van der Waals surface area contributed by atoms with Gasteiger partial charge in [0.05, 0.1) is 33.1 Å². The number of hydrogen-bond donors (Lipinski definition) is 0. The van der Waals surface area contributed by atoms with Crippen LogP contribution >= 0.6 is 0 Å². The fourth-order valence-corrected chi connectivity index (χ4v) is 9.06. The monoisotopic (exact) mass is 700 g/mol. The van der Waals surface area contributed by atoms with Crippen LogP contribution in [0.5, 0.6) is 0 Å². The average Bonchev–Trinajstić information content (AvgIpc) is 3.91. The third-order valence-electron chi connectivity index (χ3n) is 11.5. The van der Waals surface area contributed by atoms with Crippen molar-refractivity contribution in [2.24, 2.45) is 0 Å². The number of rotatable bonds is 4. The van der Waals surface area contributed by atoms with Gasteiger partial charge in [0, 0.05) is 32.6 Å². The minimum atomic E-state index is 0.882. The summed E-state index contributed by atoms with van der Waals surface area (Å²) in [5, 5.41) is 9.62. The summed E-state index contributed by atoms with van der Waals surface area (Å²) >= 11 is 0. The molecule has 0 spiro atoms. The van der Waals surface area contributed by atoms with E-state index in [-0.39, 0.29) is 0 Å². The van der Waals surface area contributed by atoms with Crippen LogP contribution < -0.4 is 0 Å². The molecule has 0 unspecified atom stereocenters. The molecule has 3 heteroatoms. The molecule has 9 aromatic carbocycles. The van der Waals surface area contributed by atoms with Crippen LogP contribution in [0.25, 0.3) is 110 Å². The van der Waals surface area contributed by atoms with Gasteiger partial charge < -0.3 is 13.6 Å². The lowest BCUT2D eigenvalue weighted by Gasteiger charge is -2.14. The second-order valence-electron chi connectivity index (χ2n) is 14.5. The normalized spacial score (nSPS) is 12.0. The van der Waals surface area contributed by atoms with E-state index in [1.54, 1.807) is 0 Å². The maximum absolute atomic E-state index is 6.65. The number of hydrogen-bond acceptors (Lipinski definition) is 1. The quantitative estimate of drug-likeness (QED) is 0.179. The molecule has 0 atom stereocenters. The molecule has 0 fully saturated rings. The van der Waals surface area contributed by atoms with Crippen LogP contribution in [0, 0.1) is 0 Å². The Morgan fingerprint density at radius 3 is 1.64 bits per heavy atom. The number of benzene rings is 9. The summed E-state index contributed by atoms with van der Waals surface area (Å²) in [5.41, 5.74) is 13.5. The van der Waals surface area contributed by atoms with Gasteiger partial charge in [-0.25, -0.2) is 0 Å². The molecule has 256 valence electrons. The van der Waals surface area contributed by atoms with Gasteiger partial charge >= 0.3 is 0 Å². The fraction of sp³-hybridized carbons (Fsp3) is 0. The largest absolute Gasteiger partial charge is 0.456 e. The van der Waals surface area contributed by atoms with Gasteiger partial charge in [0.15, 0.2) is 0 Å². The Balaban J connectivity index is 1.11. The highest BCUT2D eigenvalue weighted by Gasteiger charge is 2.21. The van der Waals surface area contributed by atoms with Crippen molar-refractivity contribution in [3.8, 4) is 33.6 Å². The highest BCUT2D eigenvalue weighted by molar-refractivity contribution is 6.17. The Kier molecular flexibility index (Phi) is 6.34. The van der Waals surface area contributed by atoms with Gasteiger partial charge in [-0.15, -0.1) is 0 Å². The summed E-state index contributed by atoms with van der Waals surface area (Å²) in [6, 6.07) is 70.3. The maximum atomic E-state index is 6.65. The number of aromatic nitrogens is 2. The van der Waals surface area contributed by atoms with E-state index in [2.05, 4.69) is 203 Å². The molecule has 3 aromatic heterocycles. The number of furan rings is 1. The van der Waals surface area contributed by atoms with E-state index in [1.807, 2.05) is 0 Å². The van der Waals surface area contributed by atoms with Gasteiger partial charge in [-0.05, 0) is 99.8 Å². The first-order chi connectivity index (χ1) is 27.3. The van der Waals surface area contributed by atoms with E-state index in [0.717, 1.165) is 44.2 Å². The van der Waals surface area contributed by atoms with Gasteiger partial charge in [-0.2, -0.15) is 0 Å². The van der Waals surface area contributed by atoms with E-state index in [4.69, 9.17) is 4.42 Å². The summed E-state index contributed by atoms with van der Waals surface area (Å²) < 4.78 is 11.5. The van der Waals surface area contributed by atoms with Crippen molar-refractivity contribution in [3.05, 3.63) is 194 Å². The lowest BCUT2D eigenvalue weighted by atomic mass is 9.96. The average molecular weight is 701 g/mol. The summed E-state index contributed by atoms with van der Waals surface area (Å²) in [7, 11) is 0. The molecule has 3 nitrogen and oxygen atoms in total. The zero-order valence-corrected chi connectivity index (χ0v) is 29.8. The van der Waals surface area contributed by atoms with Crippen molar-refractivity contribution in [1.82, 2.24) is 9.13 Å². The minimum absolute atomic E-state index is 0.882. The van der Waals surface area contributed by atoms with Gasteiger partial charge in [0.2, 0.25) is 0 Å². The lowest BCUT2D eigenvalue weighted by Crippen LogP contribution is -1.96. The first-order valence-corrected chi connectivity index (χ1v) is 18.8. The number of para-hydroxylation sites is 4. The molecule has 3 heterocycles. The first kappa shape index (κ1) is 30.1. The zero-order valence-electron chi connectivity index (χ0n) is 29.8. The van der Waals surface area contributed by atoms with Gasteiger partial charge in [0.1, 0.15) is 11.2 Å². The van der Waals surface area contributed by atoms with Crippen LogP contribution in [0.1, 0.15) is 0 Å². The summed E-state index contributed by atoms with van der Waals surface area (Å²) in [5.74, 6) is 0. The SMILES string of the molecule is c1ccc(-n2c3ccccc3c3cc(-c4ccc5c(c4)c4ccccc4n5-c4cc(-c5cccc6ccccc56)cc5oc6ccccc6c45)ccc32)cc1. The molecular weight excluding hydrogens is 669 g/mol. The lowest BCUT2D eigenvalue weighted by molar-refractivity contribution is 0.669. The van der Waals surface area contributed by atoms with E-state index < -0.39 is 0 Å². The molecule has 0 aliphatic carbocycles. The van der Waals surface area contributed by atoms with Crippen LogP contribution in [-0.4, -0.2) is 9.13 Å². The van der Waals surface area contributed by atoms with Crippen LogP contribution in [-0.2, 0) is 0 Å². The van der Waals surface area contributed by atoms with Crippen molar-refractivity contribution in [3.63, 3.8) is 0 Å². The molecule has 0 N–H and O–H groups in total. The fourth-order valence-electron chi connectivity index (χ4n) is 9.06. The predicted octanol–water partition coefficient (Wildman–Crippen LogP) is 14.3. The molecule has 12 aromatic rings. The zero-order chi connectivity index (χ0) is 36.0. The molecule has 0 saturated carbocycles. The second kappa shape index (κ2) is 11.6. The molecule has 12 rings (SSSR count). The van der Waals surface area contributed by atoms with E-state index in [1.165, 1.54) is 65.7 Å². The minimum Gasteiger partial charge on any atom is -0.456 e.